The minimum absolute atomic E-state index is 0.0149. The highest BCUT2D eigenvalue weighted by molar-refractivity contribution is 6.04. The number of rotatable bonds is 15. The largest absolute Gasteiger partial charge is 0.493 e. The number of amides is 2. The second kappa shape index (κ2) is 17.0. The maximum Gasteiger partial charge on any atom is 0.409 e. The van der Waals surface area contributed by atoms with Gasteiger partial charge in [-0.1, -0.05) is 30.3 Å². The van der Waals surface area contributed by atoms with Crippen molar-refractivity contribution < 1.29 is 28.5 Å². The minimum atomic E-state index is -0.286. The average molecular weight is 582 g/mol. The first-order chi connectivity index (χ1) is 20.3. The molecule has 9 nitrogen and oxygen atoms in total. The topological polar surface area (TPSA) is 80.8 Å². The van der Waals surface area contributed by atoms with E-state index in [4.69, 9.17) is 18.9 Å². The number of methoxy groups -OCH3 is 2. The van der Waals surface area contributed by atoms with E-state index in [1.54, 1.807) is 37.3 Å². The third-order valence-electron chi connectivity index (χ3n) is 7.64. The van der Waals surface area contributed by atoms with Crippen LogP contribution in [0.15, 0.2) is 48.5 Å². The molecule has 1 saturated heterocycles. The number of hydrogen-bond acceptors (Lipinski definition) is 7. The van der Waals surface area contributed by atoms with Crippen molar-refractivity contribution in [3.63, 3.8) is 0 Å². The lowest BCUT2D eigenvalue weighted by molar-refractivity contribution is 0.0333. The van der Waals surface area contributed by atoms with Crippen molar-refractivity contribution in [2.45, 2.75) is 52.1 Å². The van der Waals surface area contributed by atoms with Gasteiger partial charge in [0.1, 0.15) is 0 Å². The summed E-state index contributed by atoms with van der Waals surface area (Å²) in [5, 5.41) is 0. The van der Waals surface area contributed by atoms with Gasteiger partial charge in [0.25, 0.3) is 5.91 Å². The van der Waals surface area contributed by atoms with Gasteiger partial charge in [-0.05, 0) is 63.9 Å². The second-order valence-corrected chi connectivity index (χ2v) is 11.2. The van der Waals surface area contributed by atoms with E-state index in [-0.39, 0.29) is 30.0 Å². The summed E-state index contributed by atoms with van der Waals surface area (Å²) >= 11 is 0. The predicted octanol–water partition coefficient (Wildman–Crippen LogP) is 3.90. The van der Waals surface area contributed by atoms with E-state index in [2.05, 4.69) is 24.9 Å². The van der Waals surface area contributed by atoms with Crippen LogP contribution >= 0.6 is 0 Å². The summed E-state index contributed by atoms with van der Waals surface area (Å²) in [7, 11) is 5.30. The Labute approximate surface area is 252 Å². The third kappa shape index (κ3) is 9.66. The molecular formula is C32H48BN3O6. The Bertz CT molecular complexity index is 1120. The molecule has 1 fully saturated rings. The number of nitrogens with zero attached hydrogens (tertiary/aromatic N) is 3. The maximum absolute atomic E-state index is 13.9. The standard InChI is InChI=1S/C32H48BN3O6/c1-6-34(16-15-25-11-8-7-9-12-25)32(38)42-23-26-19-28(22-35(33)21-26)36(24(2)3)31(37)27-13-14-29(40-5)30(20-27)41-18-10-17-39-4/h7-9,11-14,20,24,26,28H,6,10,15-19,21-23,33H2,1-5H3. The van der Waals surface area contributed by atoms with Crippen LogP contribution in [0, 0.1) is 5.92 Å². The van der Waals surface area contributed by atoms with Crippen LogP contribution in [0.1, 0.15) is 49.5 Å². The average Bonchev–Trinajstić information content (AvgIpc) is 2.98. The van der Waals surface area contributed by atoms with Gasteiger partial charge >= 0.3 is 6.09 Å². The van der Waals surface area contributed by atoms with Crippen LogP contribution in [0.25, 0.3) is 0 Å². The molecule has 0 radical (unpaired) electrons. The van der Waals surface area contributed by atoms with Crippen LogP contribution in [0.5, 0.6) is 11.5 Å². The van der Waals surface area contributed by atoms with Gasteiger partial charge in [-0.2, -0.15) is 0 Å². The monoisotopic (exact) mass is 581 g/mol. The molecule has 0 aromatic heterocycles. The van der Waals surface area contributed by atoms with E-state index < -0.39 is 0 Å². The van der Waals surface area contributed by atoms with Crippen LogP contribution in [-0.2, 0) is 15.9 Å². The van der Waals surface area contributed by atoms with E-state index in [1.807, 2.05) is 43.9 Å². The number of likely N-dealkylation sites (N-methyl/N-ethyl adjacent to an activating group) is 1. The summed E-state index contributed by atoms with van der Waals surface area (Å²) in [4.78, 5) is 32.8. The molecule has 3 rings (SSSR count). The molecule has 1 aliphatic heterocycles. The van der Waals surface area contributed by atoms with Crippen molar-refractivity contribution >= 4 is 20.0 Å². The highest BCUT2D eigenvalue weighted by Crippen LogP contribution is 2.30. The van der Waals surface area contributed by atoms with Crippen molar-refractivity contribution in [2.24, 2.45) is 5.92 Å². The lowest BCUT2D eigenvalue weighted by atomic mass is 9.90. The zero-order valence-corrected chi connectivity index (χ0v) is 26.2. The number of carbonyl (C=O) groups excluding carboxylic acids is 2. The zero-order chi connectivity index (χ0) is 30.5. The second-order valence-electron chi connectivity index (χ2n) is 11.2. The highest BCUT2D eigenvalue weighted by atomic mass is 16.6. The molecule has 2 amide bonds. The third-order valence-corrected chi connectivity index (χ3v) is 7.64. The van der Waals surface area contributed by atoms with Gasteiger partial charge in [-0.3, -0.25) is 4.79 Å². The van der Waals surface area contributed by atoms with Gasteiger partial charge in [-0.15, -0.1) is 0 Å². The fraction of sp³-hybridized carbons (Fsp3) is 0.562. The quantitative estimate of drug-likeness (QED) is 0.233. The smallest absolute Gasteiger partial charge is 0.409 e. The molecule has 230 valence electrons. The normalized spacial score (nSPS) is 17.1. The van der Waals surface area contributed by atoms with E-state index in [0.29, 0.717) is 50.0 Å². The molecule has 0 saturated carbocycles. The lowest BCUT2D eigenvalue weighted by Gasteiger charge is -2.43. The Balaban J connectivity index is 1.64. The molecule has 0 aliphatic carbocycles. The molecule has 1 aliphatic rings. The summed E-state index contributed by atoms with van der Waals surface area (Å²) in [5.41, 5.74) is 1.75. The highest BCUT2D eigenvalue weighted by Gasteiger charge is 2.34. The molecule has 2 aromatic carbocycles. The Morgan fingerprint density at radius 2 is 1.81 bits per heavy atom. The SMILES string of the molecule is BN1CC(COC(=O)N(CC)CCc2ccccc2)CC(N(C(=O)c2ccc(OC)c(OCCCOC)c2)C(C)C)C1. The molecule has 2 atom stereocenters. The summed E-state index contributed by atoms with van der Waals surface area (Å²) in [5.74, 6) is 1.20. The van der Waals surface area contributed by atoms with Gasteiger partial charge in [0.05, 0.1) is 20.3 Å². The molecule has 0 N–H and O–H groups in total. The molecule has 0 spiro atoms. The predicted molar refractivity (Wildman–Crippen MR) is 167 cm³/mol. The van der Waals surface area contributed by atoms with Gasteiger partial charge < -0.3 is 33.6 Å². The fourth-order valence-corrected chi connectivity index (χ4v) is 5.58. The number of benzene rings is 2. The number of ether oxygens (including phenoxy) is 4. The first-order valence-corrected chi connectivity index (χ1v) is 15.0. The molecule has 0 bridgehead atoms. The fourth-order valence-electron chi connectivity index (χ4n) is 5.58. The lowest BCUT2D eigenvalue weighted by Crippen LogP contribution is -2.55. The summed E-state index contributed by atoms with van der Waals surface area (Å²) in [6, 6.07) is 15.5. The molecule has 2 unspecified atom stereocenters. The Morgan fingerprint density at radius 3 is 2.48 bits per heavy atom. The van der Waals surface area contributed by atoms with Crippen LogP contribution in [0.2, 0.25) is 0 Å². The van der Waals surface area contributed by atoms with E-state index in [1.165, 1.54) is 5.56 Å². The van der Waals surface area contributed by atoms with Crippen molar-refractivity contribution in [3.8, 4) is 11.5 Å². The summed E-state index contributed by atoms with van der Waals surface area (Å²) in [6.07, 6.45) is 1.99. The molecular weight excluding hydrogens is 533 g/mol. The van der Waals surface area contributed by atoms with Crippen LogP contribution < -0.4 is 9.47 Å². The minimum Gasteiger partial charge on any atom is -0.493 e. The van der Waals surface area contributed by atoms with E-state index >= 15 is 0 Å². The van der Waals surface area contributed by atoms with Crippen molar-refractivity contribution in [2.75, 3.05) is 60.2 Å². The molecule has 42 heavy (non-hydrogen) atoms. The van der Waals surface area contributed by atoms with Crippen molar-refractivity contribution in [1.29, 1.82) is 0 Å². The van der Waals surface area contributed by atoms with Gasteiger partial charge in [0, 0.05) is 63.3 Å². The van der Waals surface area contributed by atoms with Gasteiger partial charge in [0.2, 0.25) is 0 Å². The van der Waals surface area contributed by atoms with Crippen molar-refractivity contribution in [1.82, 2.24) is 14.6 Å². The summed E-state index contributed by atoms with van der Waals surface area (Å²) in [6.45, 7) is 10.2. The van der Waals surface area contributed by atoms with Gasteiger partial charge in [-0.25, -0.2) is 4.79 Å². The van der Waals surface area contributed by atoms with E-state index in [9.17, 15) is 9.59 Å². The van der Waals surface area contributed by atoms with Crippen LogP contribution in [0.4, 0.5) is 4.79 Å². The first kappa shape index (κ1) is 33.3. The zero-order valence-electron chi connectivity index (χ0n) is 26.2. The Hall–Kier alpha value is -3.24. The molecule has 1 heterocycles. The Kier molecular flexibility index (Phi) is 13.5. The number of carbonyl (C=O) groups is 2. The molecule has 2 aromatic rings. The first-order valence-electron chi connectivity index (χ1n) is 15.0. The maximum atomic E-state index is 13.9. The van der Waals surface area contributed by atoms with Crippen molar-refractivity contribution in [3.05, 3.63) is 59.7 Å². The van der Waals surface area contributed by atoms with E-state index in [0.717, 1.165) is 32.4 Å². The summed E-state index contributed by atoms with van der Waals surface area (Å²) < 4.78 is 22.3. The number of piperidine rings is 1. The van der Waals surface area contributed by atoms with Crippen LogP contribution in [0.3, 0.4) is 0 Å². The van der Waals surface area contributed by atoms with Crippen LogP contribution in [-0.4, -0.2) is 107 Å². The molecule has 10 heteroatoms. The van der Waals surface area contributed by atoms with Gasteiger partial charge in [0.15, 0.2) is 19.5 Å². The Morgan fingerprint density at radius 1 is 1.05 bits per heavy atom. The number of hydrogen-bond donors (Lipinski definition) is 0.